The molecule has 0 spiro atoms. The first-order valence-corrected chi connectivity index (χ1v) is 6.93. The van der Waals surface area contributed by atoms with Gasteiger partial charge in [-0.2, -0.15) is 0 Å². The van der Waals surface area contributed by atoms with Crippen LogP contribution in [0.15, 0.2) is 24.9 Å². The Kier molecular flexibility index (Phi) is 5.14. The average molecular weight is 272 g/mol. The van der Waals surface area contributed by atoms with Gasteiger partial charge >= 0.3 is 0 Å². The number of carbonyl (C=O) groups is 1. The molecule has 0 saturated carbocycles. The maximum absolute atomic E-state index is 11.9. The third-order valence-corrected chi connectivity index (χ3v) is 3.15. The molecule has 2 aromatic rings. The van der Waals surface area contributed by atoms with Gasteiger partial charge in [0.2, 0.25) is 0 Å². The van der Waals surface area contributed by atoms with E-state index in [1.165, 1.54) is 0 Å². The van der Waals surface area contributed by atoms with Crippen molar-refractivity contribution in [3.05, 3.63) is 41.6 Å². The van der Waals surface area contributed by atoms with E-state index in [4.69, 9.17) is 0 Å². The number of nitrogens with one attached hydrogen (secondary N) is 1. The summed E-state index contributed by atoms with van der Waals surface area (Å²) >= 11 is 0. The number of aromatic nitrogens is 1. The molecule has 0 saturated heterocycles. The number of nitrogens with zero attached hydrogens (tertiary/aromatic N) is 1. The summed E-state index contributed by atoms with van der Waals surface area (Å²) < 4.78 is 1.99. The van der Waals surface area contributed by atoms with Crippen molar-refractivity contribution in [3.63, 3.8) is 0 Å². The van der Waals surface area contributed by atoms with Crippen LogP contribution in [0.5, 0.6) is 0 Å². The molecule has 0 bridgehead atoms. The van der Waals surface area contributed by atoms with Crippen LogP contribution in [-0.2, 0) is 7.05 Å². The third-order valence-electron chi connectivity index (χ3n) is 3.15. The van der Waals surface area contributed by atoms with E-state index in [0.29, 0.717) is 5.56 Å². The molecule has 1 aromatic carbocycles. The zero-order valence-electron chi connectivity index (χ0n) is 13.3. The molecule has 0 aliphatic heterocycles. The summed E-state index contributed by atoms with van der Waals surface area (Å²) in [6.07, 6.45) is 1.87. The van der Waals surface area contributed by atoms with E-state index < -0.39 is 0 Å². The molecule has 1 N–H and O–H groups in total. The number of allylic oxidation sites excluding steroid dienone is 1. The Balaban J connectivity index is 0.000000956. The summed E-state index contributed by atoms with van der Waals surface area (Å²) in [7, 11) is 3.60. The second-order valence-corrected chi connectivity index (χ2v) is 4.72. The van der Waals surface area contributed by atoms with E-state index in [-0.39, 0.29) is 5.91 Å². The van der Waals surface area contributed by atoms with E-state index in [0.717, 1.165) is 27.6 Å². The molecule has 0 atom stereocenters. The second kappa shape index (κ2) is 6.42. The molecule has 20 heavy (non-hydrogen) atoms. The number of aryl methyl sites for hydroxylation is 2. The number of fused-ring (bicyclic) bond motifs is 1. The fourth-order valence-electron chi connectivity index (χ4n) is 2.33. The van der Waals surface area contributed by atoms with Gasteiger partial charge in [0, 0.05) is 31.2 Å². The van der Waals surface area contributed by atoms with Gasteiger partial charge in [0.15, 0.2) is 0 Å². The maximum Gasteiger partial charge on any atom is 0.253 e. The number of benzene rings is 1. The fraction of sp³-hybridized carbons (Fsp3) is 0.353. The topological polar surface area (TPSA) is 34.0 Å². The van der Waals surface area contributed by atoms with Gasteiger partial charge in [0.1, 0.15) is 0 Å². The summed E-state index contributed by atoms with van der Waals surface area (Å²) in [6.45, 7) is 12.0. The SMILES string of the molecule is C=C(C)c1cc(C)cc2c(C(=O)NC)cn(C)c12.CC. The van der Waals surface area contributed by atoms with E-state index in [1.54, 1.807) is 7.05 Å². The molecule has 1 amide bonds. The number of hydrogen-bond donors (Lipinski definition) is 1. The Morgan fingerprint density at radius 1 is 1.25 bits per heavy atom. The summed E-state index contributed by atoms with van der Waals surface area (Å²) in [5, 5.41) is 3.66. The van der Waals surface area contributed by atoms with Crippen LogP contribution in [0.2, 0.25) is 0 Å². The van der Waals surface area contributed by atoms with E-state index >= 15 is 0 Å². The normalized spacial score (nSPS) is 9.90. The molecule has 3 nitrogen and oxygen atoms in total. The van der Waals surface area contributed by atoms with Gasteiger partial charge < -0.3 is 9.88 Å². The van der Waals surface area contributed by atoms with Gasteiger partial charge in [-0.25, -0.2) is 0 Å². The Morgan fingerprint density at radius 2 is 1.85 bits per heavy atom. The average Bonchev–Trinajstić information content (AvgIpc) is 2.76. The molecule has 1 heterocycles. The van der Waals surface area contributed by atoms with Crippen LogP contribution >= 0.6 is 0 Å². The minimum absolute atomic E-state index is 0.0566. The van der Waals surface area contributed by atoms with Gasteiger partial charge in [-0.05, 0) is 37.1 Å². The summed E-state index contributed by atoms with van der Waals surface area (Å²) in [4.78, 5) is 11.9. The molecular weight excluding hydrogens is 248 g/mol. The molecule has 3 heteroatoms. The van der Waals surface area contributed by atoms with Crippen LogP contribution in [0.1, 0.15) is 42.3 Å². The number of amides is 1. The molecule has 0 aliphatic carbocycles. The minimum Gasteiger partial charge on any atom is -0.355 e. The first-order valence-electron chi connectivity index (χ1n) is 6.93. The van der Waals surface area contributed by atoms with Gasteiger partial charge in [0.25, 0.3) is 5.91 Å². The Morgan fingerprint density at radius 3 is 2.35 bits per heavy atom. The zero-order valence-corrected chi connectivity index (χ0v) is 13.3. The van der Waals surface area contributed by atoms with Crippen molar-refractivity contribution in [2.75, 3.05) is 7.05 Å². The highest BCUT2D eigenvalue weighted by Gasteiger charge is 2.16. The lowest BCUT2D eigenvalue weighted by atomic mass is 10.0. The van der Waals surface area contributed by atoms with Crippen LogP contribution in [0.4, 0.5) is 0 Å². The van der Waals surface area contributed by atoms with Crippen molar-refractivity contribution in [3.8, 4) is 0 Å². The van der Waals surface area contributed by atoms with Crippen molar-refractivity contribution in [1.29, 1.82) is 0 Å². The first-order chi connectivity index (χ1) is 9.45. The first kappa shape index (κ1) is 16.0. The smallest absolute Gasteiger partial charge is 0.253 e. The van der Waals surface area contributed by atoms with Crippen LogP contribution in [-0.4, -0.2) is 17.5 Å². The molecule has 0 aliphatic rings. The van der Waals surface area contributed by atoms with Gasteiger partial charge in [-0.1, -0.05) is 20.4 Å². The molecule has 0 unspecified atom stereocenters. The Hall–Kier alpha value is -2.03. The molecule has 0 radical (unpaired) electrons. The molecule has 0 fully saturated rings. The third kappa shape index (κ3) is 2.77. The lowest BCUT2D eigenvalue weighted by molar-refractivity contribution is 0.0964. The van der Waals surface area contributed by atoms with Crippen LogP contribution in [0, 0.1) is 6.92 Å². The summed E-state index contributed by atoms with van der Waals surface area (Å²) in [5.74, 6) is -0.0566. The van der Waals surface area contributed by atoms with Crippen molar-refractivity contribution in [2.45, 2.75) is 27.7 Å². The van der Waals surface area contributed by atoms with Gasteiger partial charge in [0.05, 0.1) is 11.1 Å². The van der Waals surface area contributed by atoms with Crippen LogP contribution in [0.25, 0.3) is 16.5 Å². The van der Waals surface area contributed by atoms with Crippen molar-refractivity contribution < 1.29 is 4.79 Å². The lowest BCUT2D eigenvalue weighted by Gasteiger charge is -2.07. The van der Waals surface area contributed by atoms with Crippen LogP contribution < -0.4 is 5.32 Å². The van der Waals surface area contributed by atoms with Gasteiger partial charge in [-0.3, -0.25) is 4.79 Å². The van der Waals surface area contributed by atoms with Crippen LogP contribution in [0.3, 0.4) is 0 Å². The summed E-state index contributed by atoms with van der Waals surface area (Å²) in [6, 6.07) is 4.16. The maximum atomic E-state index is 11.9. The monoisotopic (exact) mass is 272 g/mol. The molecule has 1 aromatic heterocycles. The highest BCUT2D eigenvalue weighted by molar-refractivity contribution is 6.09. The Bertz CT molecular complexity index is 651. The second-order valence-electron chi connectivity index (χ2n) is 4.72. The summed E-state index contributed by atoms with van der Waals surface area (Å²) in [5.41, 5.74) is 5.01. The molecular formula is C17H24N2O. The Labute approximate surface area is 121 Å². The van der Waals surface area contributed by atoms with Crippen molar-refractivity contribution in [2.24, 2.45) is 7.05 Å². The number of rotatable bonds is 2. The predicted molar refractivity (Wildman–Crippen MR) is 87.1 cm³/mol. The fourth-order valence-corrected chi connectivity index (χ4v) is 2.33. The van der Waals surface area contributed by atoms with E-state index in [2.05, 4.69) is 18.0 Å². The predicted octanol–water partition coefficient (Wildman–Crippen LogP) is 3.91. The lowest BCUT2D eigenvalue weighted by Crippen LogP contribution is -2.17. The molecule has 2 rings (SSSR count). The highest BCUT2D eigenvalue weighted by atomic mass is 16.1. The van der Waals surface area contributed by atoms with E-state index in [1.807, 2.05) is 51.6 Å². The zero-order chi connectivity index (χ0) is 15.4. The highest BCUT2D eigenvalue weighted by Crippen LogP contribution is 2.29. The number of carbonyl (C=O) groups excluding carboxylic acids is 1. The van der Waals surface area contributed by atoms with Crippen molar-refractivity contribution in [1.82, 2.24) is 9.88 Å². The quantitative estimate of drug-likeness (QED) is 0.883. The van der Waals surface area contributed by atoms with Crippen molar-refractivity contribution >= 4 is 22.4 Å². The minimum atomic E-state index is -0.0566. The molecule has 108 valence electrons. The number of hydrogen-bond acceptors (Lipinski definition) is 1. The van der Waals surface area contributed by atoms with E-state index in [9.17, 15) is 4.79 Å². The standard InChI is InChI=1S/C15H18N2O.C2H6/c1-9(2)11-6-10(3)7-12-13(15(18)16-4)8-17(5)14(11)12;1-2/h6-8H,1H2,2-5H3,(H,16,18);1-2H3. The largest absolute Gasteiger partial charge is 0.355 e. The van der Waals surface area contributed by atoms with Gasteiger partial charge in [-0.15, -0.1) is 0 Å².